The van der Waals surface area contributed by atoms with E-state index in [2.05, 4.69) is 37.3 Å². The molecular weight excluding hydrogens is 132 g/mol. The number of allylic oxidation sites excluding steroid dienone is 2. The third-order valence-corrected chi connectivity index (χ3v) is 2.84. The second-order valence-corrected chi connectivity index (χ2v) is 3.50. The maximum atomic E-state index is 2.31. The minimum Gasteiger partial charge on any atom is -0.0622 e. The van der Waals surface area contributed by atoms with Gasteiger partial charge in [-0.1, -0.05) is 42.8 Å². The molecule has 0 aliphatic heterocycles. The van der Waals surface area contributed by atoms with E-state index < -0.39 is 0 Å². The Morgan fingerprint density at radius 1 is 1.09 bits per heavy atom. The first-order valence-electron chi connectivity index (χ1n) is 4.19. The summed E-state index contributed by atoms with van der Waals surface area (Å²) in [7, 11) is 0. The zero-order chi connectivity index (χ0) is 7.42. The first-order chi connectivity index (χ1) is 5.39. The zero-order valence-corrected chi connectivity index (χ0v) is 6.54. The summed E-state index contributed by atoms with van der Waals surface area (Å²) in [6.07, 6.45) is 0. The Bertz CT molecular complexity index is 332. The third kappa shape index (κ3) is 0.597. The van der Waals surface area contributed by atoms with Crippen molar-refractivity contribution in [1.82, 2.24) is 0 Å². The molecule has 0 aromatic heterocycles. The van der Waals surface area contributed by atoms with Gasteiger partial charge in [-0.15, -0.1) is 0 Å². The van der Waals surface area contributed by atoms with E-state index in [1.165, 1.54) is 5.56 Å². The number of benzene rings is 1. The minimum absolute atomic E-state index is 0.900. The van der Waals surface area contributed by atoms with Crippen LogP contribution in [0, 0.1) is 11.8 Å². The van der Waals surface area contributed by atoms with Crippen molar-refractivity contribution in [3.63, 3.8) is 0 Å². The van der Waals surface area contributed by atoms with E-state index in [0.29, 0.717) is 0 Å². The van der Waals surface area contributed by atoms with E-state index >= 15 is 0 Å². The molecule has 0 heterocycles. The van der Waals surface area contributed by atoms with E-state index in [0.717, 1.165) is 11.8 Å². The Morgan fingerprint density at radius 3 is 2.27 bits per heavy atom. The number of rotatable bonds is 1. The molecule has 0 bridgehead atoms. The Balaban J connectivity index is 2.00. The monoisotopic (exact) mass is 142 g/mol. The highest BCUT2D eigenvalue weighted by atomic mass is 14.6. The lowest BCUT2D eigenvalue weighted by molar-refractivity contribution is 0.901. The largest absolute Gasteiger partial charge is 0.0622 e. The predicted octanol–water partition coefficient (Wildman–Crippen LogP) is 2.72. The Labute approximate surface area is 66.6 Å². The van der Waals surface area contributed by atoms with Gasteiger partial charge in [0.25, 0.3) is 0 Å². The third-order valence-electron chi connectivity index (χ3n) is 2.84. The van der Waals surface area contributed by atoms with Gasteiger partial charge in [-0.05, 0) is 17.1 Å². The van der Waals surface area contributed by atoms with Crippen molar-refractivity contribution < 1.29 is 0 Å². The van der Waals surface area contributed by atoms with Gasteiger partial charge in [0.05, 0.1) is 0 Å². The van der Waals surface area contributed by atoms with Crippen molar-refractivity contribution in [2.75, 3.05) is 0 Å². The maximum Gasteiger partial charge on any atom is 0.0127 e. The van der Waals surface area contributed by atoms with Crippen LogP contribution in [0.15, 0.2) is 35.9 Å². The topological polar surface area (TPSA) is 0 Å². The van der Waals surface area contributed by atoms with Gasteiger partial charge in [-0.3, -0.25) is 0 Å². The van der Waals surface area contributed by atoms with E-state index in [1.807, 2.05) is 0 Å². The molecule has 54 valence electrons. The van der Waals surface area contributed by atoms with Crippen LogP contribution in [-0.4, -0.2) is 0 Å². The number of hydrogen-bond acceptors (Lipinski definition) is 0. The van der Waals surface area contributed by atoms with E-state index in [4.69, 9.17) is 0 Å². The van der Waals surface area contributed by atoms with E-state index in [-0.39, 0.29) is 0 Å². The fourth-order valence-electron chi connectivity index (χ4n) is 2.01. The van der Waals surface area contributed by atoms with Crippen molar-refractivity contribution in [1.29, 1.82) is 0 Å². The Kier molecular flexibility index (Phi) is 0.803. The van der Waals surface area contributed by atoms with Gasteiger partial charge in [-0.25, -0.2) is 0 Å². The summed E-state index contributed by atoms with van der Waals surface area (Å²) in [5.74, 6) is 1.82. The van der Waals surface area contributed by atoms with Crippen molar-refractivity contribution in [2.24, 2.45) is 11.8 Å². The van der Waals surface area contributed by atoms with Crippen LogP contribution in [0.2, 0.25) is 0 Å². The summed E-state index contributed by atoms with van der Waals surface area (Å²) in [5, 5.41) is 0. The zero-order valence-electron chi connectivity index (χ0n) is 6.54. The summed E-state index contributed by atoms with van der Waals surface area (Å²) < 4.78 is 0. The summed E-state index contributed by atoms with van der Waals surface area (Å²) in [6, 6.07) is 10.7. The molecule has 11 heavy (non-hydrogen) atoms. The number of fused-ring (bicyclic) bond motifs is 1. The summed E-state index contributed by atoms with van der Waals surface area (Å²) in [4.78, 5) is 0. The molecule has 2 aliphatic rings. The smallest absolute Gasteiger partial charge is 0.0127 e. The summed E-state index contributed by atoms with van der Waals surface area (Å²) in [6.45, 7) is 2.31. The van der Waals surface area contributed by atoms with Crippen molar-refractivity contribution >= 4 is 5.57 Å². The first-order valence-corrected chi connectivity index (χ1v) is 4.19. The molecule has 1 aromatic carbocycles. The molecule has 2 atom stereocenters. The van der Waals surface area contributed by atoms with Gasteiger partial charge in [0.2, 0.25) is 0 Å². The van der Waals surface area contributed by atoms with Crippen molar-refractivity contribution in [2.45, 2.75) is 6.92 Å². The molecule has 0 N–H and O–H groups in total. The van der Waals surface area contributed by atoms with Crippen molar-refractivity contribution in [3.8, 4) is 0 Å². The highest BCUT2D eigenvalue weighted by Crippen LogP contribution is 2.70. The molecule has 0 radical (unpaired) electrons. The van der Waals surface area contributed by atoms with Gasteiger partial charge in [-0.2, -0.15) is 0 Å². The normalized spacial score (nSPS) is 31.7. The molecule has 3 rings (SSSR count). The van der Waals surface area contributed by atoms with Crippen LogP contribution in [0.1, 0.15) is 12.5 Å². The van der Waals surface area contributed by atoms with Crippen LogP contribution in [0.25, 0.3) is 5.57 Å². The summed E-state index contributed by atoms with van der Waals surface area (Å²) in [5.41, 5.74) is 4.81. The fourth-order valence-corrected chi connectivity index (χ4v) is 2.01. The van der Waals surface area contributed by atoms with Crippen LogP contribution in [0.5, 0.6) is 0 Å². The van der Waals surface area contributed by atoms with Crippen LogP contribution in [-0.2, 0) is 0 Å². The van der Waals surface area contributed by atoms with Gasteiger partial charge < -0.3 is 0 Å². The molecular formula is C11H10. The number of hydrogen-bond donors (Lipinski definition) is 0. The second kappa shape index (κ2) is 1.58. The lowest BCUT2D eigenvalue weighted by Gasteiger charge is -1.98. The highest BCUT2D eigenvalue weighted by Gasteiger charge is 2.58. The van der Waals surface area contributed by atoms with Crippen LogP contribution >= 0.6 is 0 Å². The second-order valence-electron chi connectivity index (χ2n) is 3.50. The quantitative estimate of drug-likeness (QED) is 0.565. The molecule has 2 unspecified atom stereocenters. The van der Waals surface area contributed by atoms with Crippen LogP contribution in [0.3, 0.4) is 0 Å². The van der Waals surface area contributed by atoms with Gasteiger partial charge in [0.1, 0.15) is 0 Å². The van der Waals surface area contributed by atoms with Gasteiger partial charge >= 0.3 is 0 Å². The molecule has 0 heteroatoms. The average molecular weight is 142 g/mol. The molecule has 2 aliphatic carbocycles. The molecule has 1 fully saturated rings. The molecule has 0 amide bonds. The van der Waals surface area contributed by atoms with E-state index in [1.54, 1.807) is 11.1 Å². The molecule has 0 nitrogen and oxygen atoms in total. The van der Waals surface area contributed by atoms with Gasteiger partial charge in [0.15, 0.2) is 0 Å². The maximum absolute atomic E-state index is 2.31. The standard InChI is InChI=1S/C11H10/c1-7-9-10(7)11(9)8-5-3-2-4-6-8/h2-7,9H,1H3. The average Bonchev–Trinajstić information content (AvgIpc) is 2.92. The van der Waals surface area contributed by atoms with Crippen LogP contribution < -0.4 is 0 Å². The first kappa shape index (κ1) is 5.59. The van der Waals surface area contributed by atoms with E-state index in [9.17, 15) is 0 Å². The predicted molar refractivity (Wildman–Crippen MR) is 46.0 cm³/mol. The molecule has 0 spiro atoms. The minimum atomic E-state index is 0.900. The van der Waals surface area contributed by atoms with Crippen molar-refractivity contribution in [3.05, 3.63) is 41.5 Å². The van der Waals surface area contributed by atoms with Crippen LogP contribution in [0.4, 0.5) is 0 Å². The SMILES string of the molecule is CC1C2=C(c3ccccc3)C21. The van der Waals surface area contributed by atoms with Gasteiger partial charge in [0, 0.05) is 5.92 Å². The Hall–Kier alpha value is -1.04. The lowest BCUT2D eigenvalue weighted by atomic mass is 10.1. The molecule has 1 saturated carbocycles. The molecule has 1 aromatic rings. The summed E-state index contributed by atoms with van der Waals surface area (Å²) >= 11 is 0. The fraction of sp³-hybridized carbons (Fsp3) is 0.273. The highest BCUT2D eigenvalue weighted by molar-refractivity contribution is 5.95. The molecule has 0 saturated heterocycles. The lowest BCUT2D eigenvalue weighted by Crippen LogP contribution is -1.82. The Morgan fingerprint density at radius 2 is 1.73 bits per heavy atom.